The van der Waals surface area contributed by atoms with Crippen LogP contribution >= 0.6 is 0 Å². The summed E-state index contributed by atoms with van der Waals surface area (Å²) >= 11 is -1.66. The van der Waals surface area contributed by atoms with E-state index >= 15 is 0 Å². The molecular weight excluding hydrogens is 414 g/mol. The zero-order valence-electron chi connectivity index (χ0n) is 14.7. The maximum atomic E-state index is 2.60. The number of rotatable bonds is 2. The van der Waals surface area contributed by atoms with Gasteiger partial charge >= 0.3 is 144 Å². The number of hydrogen-bond donors (Lipinski definition) is 0. The van der Waals surface area contributed by atoms with Gasteiger partial charge in [0.15, 0.2) is 0 Å². The average Bonchev–Trinajstić information content (AvgIpc) is 3.16. The van der Waals surface area contributed by atoms with Gasteiger partial charge in [-0.05, 0) is 0 Å². The minimum absolute atomic E-state index is 0. The van der Waals surface area contributed by atoms with Gasteiger partial charge in [-0.3, -0.25) is 0 Å². The molecule has 4 rings (SSSR count). The van der Waals surface area contributed by atoms with Gasteiger partial charge in [0.1, 0.15) is 0 Å². The smallest absolute Gasteiger partial charge is 1.00 e. The Bertz CT molecular complexity index is 607. The minimum Gasteiger partial charge on any atom is -1.00 e. The number of hydrogen-bond acceptors (Lipinski definition) is 0. The number of fused-ring (bicyclic) bond motifs is 3. The van der Waals surface area contributed by atoms with Crippen molar-refractivity contribution in [1.82, 2.24) is 0 Å². The third-order valence-electron chi connectivity index (χ3n) is 6.46. The van der Waals surface area contributed by atoms with Crippen LogP contribution in [-0.4, -0.2) is 3.21 Å². The van der Waals surface area contributed by atoms with Gasteiger partial charge in [-0.15, -0.1) is 0 Å². The molecule has 130 valence electrons. The van der Waals surface area contributed by atoms with Crippen LogP contribution in [0.4, 0.5) is 0 Å². The molecule has 0 amide bonds. The molecule has 5 unspecified atom stereocenters. The van der Waals surface area contributed by atoms with Crippen LogP contribution in [0, 0.1) is 23.7 Å². The summed E-state index contributed by atoms with van der Waals surface area (Å²) in [5.41, 5.74) is 0. The molecule has 4 aliphatic rings. The van der Waals surface area contributed by atoms with Crippen LogP contribution in [-0.2, 0) is 21.3 Å². The number of halogens is 2. The molecule has 3 heteroatoms. The van der Waals surface area contributed by atoms with Gasteiger partial charge in [-0.2, -0.15) is 0 Å². The van der Waals surface area contributed by atoms with Gasteiger partial charge in [0.2, 0.25) is 0 Å². The van der Waals surface area contributed by atoms with Crippen LogP contribution in [0.15, 0.2) is 45.8 Å². The van der Waals surface area contributed by atoms with Crippen molar-refractivity contribution in [2.75, 3.05) is 0 Å². The first-order chi connectivity index (χ1) is 10.8. The largest absolute Gasteiger partial charge is 1.00 e. The van der Waals surface area contributed by atoms with Crippen molar-refractivity contribution < 1.29 is 46.1 Å². The zero-order chi connectivity index (χ0) is 15.1. The van der Waals surface area contributed by atoms with E-state index in [0.717, 1.165) is 27.3 Å². The molecule has 0 aromatic rings. The van der Waals surface area contributed by atoms with Crippen LogP contribution in [0.5, 0.6) is 0 Å². The van der Waals surface area contributed by atoms with Crippen molar-refractivity contribution in [2.45, 2.75) is 49.6 Å². The van der Waals surface area contributed by atoms with E-state index in [1.165, 1.54) is 32.1 Å². The van der Waals surface area contributed by atoms with Gasteiger partial charge in [0, 0.05) is 0 Å². The second kappa shape index (κ2) is 8.79. The Labute approximate surface area is 167 Å². The van der Waals surface area contributed by atoms with E-state index < -0.39 is 21.3 Å². The van der Waals surface area contributed by atoms with Gasteiger partial charge in [0.25, 0.3) is 0 Å². The minimum atomic E-state index is -1.66. The Hall–Kier alpha value is 0.293. The Kier molecular flexibility index (Phi) is 7.54. The van der Waals surface area contributed by atoms with Crippen molar-refractivity contribution in [3.8, 4) is 0 Å². The first-order valence-corrected chi connectivity index (χ1v) is 13.0. The molecule has 2 fully saturated rings. The molecule has 0 aromatic heterocycles. The summed E-state index contributed by atoms with van der Waals surface area (Å²) in [5, 5.41) is 0. The molecule has 0 bridgehead atoms. The predicted molar refractivity (Wildman–Crippen MR) is 92.7 cm³/mol. The quantitative estimate of drug-likeness (QED) is 0.548. The molecule has 0 aromatic carbocycles. The molecule has 24 heavy (non-hydrogen) atoms. The summed E-state index contributed by atoms with van der Waals surface area (Å²) in [6.45, 7) is 4.92. The van der Waals surface area contributed by atoms with Crippen LogP contribution in [0.25, 0.3) is 0 Å². The van der Waals surface area contributed by atoms with Gasteiger partial charge in [0.05, 0.1) is 0 Å². The normalized spacial score (nSPS) is 35.0. The molecule has 2 saturated carbocycles. The van der Waals surface area contributed by atoms with Gasteiger partial charge in [-0.1, -0.05) is 0 Å². The summed E-state index contributed by atoms with van der Waals surface area (Å²) in [6.07, 6.45) is 24.3. The van der Waals surface area contributed by atoms with Crippen molar-refractivity contribution >= 4 is 3.21 Å². The molecule has 0 aliphatic heterocycles. The summed E-state index contributed by atoms with van der Waals surface area (Å²) < 4.78 is 4.74. The standard InChI is InChI=1S/C13H17.C5H5.C3H6.2ClH.Zr/c1-3-7-12-10(5-1)9-11-6-2-4-8-13(11)12;1-2-4-5-3-1;1-3-2;;;/h1,3,5,7,9-13H,2,4,6,8H2;1-3H,4H2;1-2H3;2*1H;/q;;;;;+2/p-2. The average molecular weight is 443 g/mol. The molecule has 5 atom stereocenters. The molecule has 0 heterocycles. The van der Waals surface area contributed by atoms with E-state index in [2.05, 4.69) is 56.4 Å². The van der Waals surface area contributed by atoms with Crippen molar-refractivity contribution in [3.05, 3.63) is 45.8 Å². The van der Waals surface area contributed by atoms with Crippen LogP contribution in [0.3, 0.4) is 0 Å². The fraction of sp³-hybridized carbons (Fsp3) is 0.571. The Morgan fingerprint density at radius 3 is 2.21 bits per heavy atom. The molecule has 0 nitrogen and oxygen atoms in total. The molecule has 4 aliphatic carbocycles. The fourth-order valence-corrected chi connectivity index (χ4v) is 15.4. The van der Waals surface area contributed by atoms with E-state index in [9.17, 15) is 0 Å². The third kappa shape index (κ3) is 3.56. The Morgan fingerprint density at radius 2 is 1.58 bits per heavy atom. The van der Waals surface area contributed by atoms with E-state index in [1.54, 1.807) is 0 Å². The van der Waals surface area contributed by atoms with E-state index in [4.69, 9.17) is 0 Å². The molecule has 0 radical (unpaired) electrons. The molecule has 0 spiro atoms. The van der Waals surface area contributed by atoms with E-state index in [-0.39, 0.29) is 24.8 Å². The molecular formula is C21H28Cl2Zr. The van der Waals surface area contributed by atoms with E-state index in [0.29, 0.717) is 0 Å². The molecule has 0 saturated heterocycles. The zero-order valence-corrected chi connectivity index (χ0v) is 18.7. The van der Waals surface area contributed by atoms with Crippen molar-refractivity contribution in [2.24, 2.45) is 23.7 Å². The van der Waals surface area contributed by atoms with Gasteiger partial charge in [-0.25, -0.2) is 0 Å². The third-order valence-corrected chi connectivity index (χ3v) is 15.4. The summed E-state index contributed by atoms with van der Waals surface area (Å²) in [5.74, 6) is 3.76. The topological polar surface area (TPSA) is 0 Å². The summed E-state index contributed by atoms with van der Waals surface area (Å²) in [7, 11) is 0. The van der Waals surface area contributed by atoms with Crippen LogP contribution in [0.1, 0.15) is 46.0 Å². The van der Waals surface area contributed by atoms with Gasteiger partial charge < -0.3 is 24.8 Å². The second-order valence-electron chi connectivity index (χ2n) is 7.80. The number of allylic oxidation sites excluding steroid dienone is 8. The maximum absolute atomic E-state index is 2.60. The second-order valence-corrected chi connectivity index (χ2v) is 15.5. The molecule has 0 N–H and O–H groups in total. The Balaban J connectivity index is 0.00000104. The SMILES string of the molecule is C[C](C)=[Zr+2]([C]1=CC=CC1)[CH]1C2C=CC=CC2C2CCCCC21.[Cl-].[Cl-]. The first kappa shape index (κ1) is 20.6. The monoisotopic (exact) mass is 440 g/mol. The summed E-state index contributed by atoms with van der Waals surface area (Å²) in [4.78, 5) is 0. The first-order valence-electron chi connectivity index (χ1n) is 9.16. The van der Waals surface area contributed by atoms with E-state index in [1.807, 2.05) is 6.49 Å². The predicted octanol–water partition coefficient (Wildman–Crippen LogP) is -0.364. The fourth-order valence-electron chi connectivity index (χ4n) is 5.75. The maximum Gasteiger partial charge on any atom is -1.00 e. The van der Waals surface area contributed by atoms with Crippen molar-refractivity contribution in [3.63, 3.8) is 0 Å². The van der Waals surface area contributed by atoms with Crippen LogP contribution < -0.4 is 24.8 Å². The summed E-state index contributed by atoms with van der Waals surface area (Å²) in [6, 6.07) is 0. The van der Waals surface area contributed by atoms with Crippen molar-refractivity contribution in [1.29, 1.82) is 0 Å². The Morgan fingerprint density at radius 1 is 0.917 bits per heavy atom. The van der Waals surface area contributed by atoms with Crippen LogP contribution in [0.2, 0.25) is 3.63 Å².